The van der Waals surface area contributed by atoms with Crippen molar-refractivity contribution in [2.45, 2.75) is 25.4 Å². The highest BCUT2D eigenvalue weighted by Gasteiger charge is 2.19. The van der Waals surface area contributed by atoms with Crippen molar-refractivity contribution in [1.82, 2.24) is 9.88 Å². The summed E-state index contributed by atoms with van der Waals surface area (Å²) in [5.41, 5.74) is 1.08. The predicted octanol–water partition coefficient (Wildman–Crippen LogP) is 2.35. The Bertz CT molecular complexity index is 654. The summed E-state index contributed by atoms with van der Waals surface area (Å²) in [5.74, 6) is -0.500. The molecule has 0 saturated carbocycles. The quantitative estimate of drug-likeness (QED) is 0.783. The first kappa shape index (κ1) is 16.4. The van der Waals surface area contributed by atoms with Gasteiger partial charge in [0.1, 0.15) is 6.04 Å². The van der Waals surface area contributed by atoms with Gasteiger partial charge in [-0.25, -0.2) is 4.79 Å². The molecular formula is C16H20N2O3S. The van der Waals surface area contributed by atoms with Gasteiger partial charge in [-0.15, -0.1) is 0 Å². The number of benzene rings is 1. The van der Waals surface area contributed by atoms with E-state index in [0.717, 1.165) is 10.9 Å². The van der Waals surface area contributed by atoms with Crippen LogP contribution in [-0.4, -0.2) is 39.6 Å². The summed E-state index contributed by atoms with van der Waals surface area (Å²) in [5, 5.41) is 12.8. The first-order valence-corrected chi connectivity index (χ1v) is 8.56. The molecule has 0 spiro atoms. The Morgan fingerprint density at radius 1 is 1.32 bits per heavy atom. The predicted molar refractivity (Wildman–Crippen MR) is 89.1 cm³/mol. The number of thioether (sulfide) groups is 1. The lowest BCUT2D eigenvalue weighted by molar-refractivity contribution is -0.141. The molecule has 1 unspecified atom stereocenters. The number of amides is 1. The second-order valence-corrected chi connectivity index (χ2v) is 6.04. The van der Waals surface area contributed by atoms with Gasteiger partial charge in [0.2, 0.25) is 5.91 Å². The van der Waals surface area contributed by atoms with Crippen LogP contribution in [0.5, 0.6) is 0 Å². The van der Waals surface area contributed by atoms with Crippen molar-refractivity contribution in [3.05, 3.63) is 36.5 Å². The van der Waals surface area contributed by atoms with Crippen LogP contribution in [0.15, 0.2) is 36.5 Å². The molecule has 2 N–H and O–H groups in total. The molecule has 1 aromatic heterocycles. The number of aromatic nitrogens is 1. The summed E-state index contributed by atoms with van der Waals surface area (Å²) in [4.78, 5) is 23.1. The van der Waals surface area contributed by atoms with Gasteiger partial charge >= 0.3 is 5.97 Å². The number of hydrogen-bond acceptors (Lipinski definition) is 3. The molecule has 0 aliphatic rings. The van der Waals surface area contributed by atoms with Gasteiger partial charge in [-0.3, -0.25) is 4.79 Å². The molecule has 1 atom stereocenters. The molecule has 1 amide bonds. The van der Waals surface area contributed by atoms with Crippen LogP contribution in [0.25, 0.3) is 10.9 Å². The third kappa shape index (κ3) is 4.27. The molecule has 5 nitrogen and oxygen atoms in total. The average molecular weight is 320 g/mol. The number of hydrogen-bond donors (Lipinski definition) is 2. The van der Waals surface area contributed by atoms with Crippen LogP contribution in [0, 0.1) is 0 Å². The van der Waals surface area contributed by atoms with E-state index in [0.29, 0.717) is 18.7 Å². The van der Waals surface area contributed by atoms with Gasteiger partial charge in [-0.2, -0.15) is 11.8 Å². The maximum absolute atomic E-state index is 12.0. The van der Waals surface area contributed by atoms with Gasteiger partial charge in [0.25, 0.3) is 0 Å². The third-order valence-electron chi connectivity index (χ3n) is 3.50. The molecule has 2 rings (SSSR count). The number of rotatable bonds is 8. The van der Waals surface area contributed by atoms with Crippen LogP contribution in [0.1, 0.15) is 12.8 Å². The highest BCUT2D eigenvalue weighted by molar-refractivity contribution is 7.98. The fraction of sp³-hybridized carbons (Fsp3) is 0.375. The molecule has 118 valence electrons. The van der Waals surface area contributed by atoms with Crippen LogP contribution < -0.4 is 5.32 Å². The Hall–Kier alpha value is -1.95. The number of fused-ring (bicyclic) bond motifs is 1. The van der Waals surface area contributed by atoms with E-state index in [4.69, 9.17) is 5.11 Å². The molecule has 0 aliphatic carbocycles. The third-order valence-corrected chi connectivity index (χ3v) is 4.15. The lowest BCUT2D eigenvalue weighted by Crippen LogP contribution is -2.41. The molecule has 0 saturated heterocycles. The second kappa shape index (κ2) is 7.89. The molecule has 1 aromatic carbocycles. The van der Waals surface area contributed by atoms with Crippen molar-refractivity contribution < 1.29 is 14.7 Å². The zero-order valence-electron chi connectivity index (χ0n) is 12.5. The van der Waals surface area contributed by atoms with E-state index >= 15 is 0 Å². The second-order valence-electron chi connectivity index (χ2n) is 5.06. The van der Waals surface area contributed by atoms with Crippen LogP contribution in [0.2, 0.25) is 0 Å². The SMILES string of the molecule is CSCCC(NC(=O)CCn1ccc2ccccc21)C(=O)O. The molecule has 6 heteroatoms. The molecule has 22 heavy (non-hydrogen) atoms. The topological polar surface area (TPSA) is 71.3 Å². The molecule has 0 aliphatic heterocycles. The Morgan fingerprint density at radius 2 is 2.09 bits per heavy atom. The summed E-state index contributed by atoms with van der Waals surface area (Å²) >= 11 is 1.57. The van der Waals surface area contributed by atoms with Crippen molar-refractivity contribution in [3.8, 4) is 0 Å². The minimum atomic E-state index is -0.978. The number of nitrogens with one attached hydrogen (secondary N) is 1. The lowest BCUT2D eigenvalue weighted by atomic mass is 10.2. The zero-order chi connectivity index (χ0) is 15.9. The van der Waals surface area contributed by atoms with E-state index < -0.39 is 12.0 Å². The number of carboxylic acid groups (broad SMARTS) is 1. The van der Waals surface area contributed by atoms with Crippen molar-refractivity contribution in [2.75, 3.05) is 12.0 Å². The van der Waals surface area contributed by atoms with E-state index in [9.17, 15) is 9.59 Å². The van der Waals surface area contributed by atoms with Crippen molar-refractivity contribution in [3.63, 3.8) is 0 Å². The minimum absolute atomic E-state index is 0.230. The van der Waals surface area contributed by atoms with Crippen LogP contribution >= 0.6 is 11.8 Å². The monoisotopic (exact) mass is 320 g/mol. The number of carboxylic acids is 1. The van der Waals surface area contributed by atoms with Crippen molar-refractivity contribution >= 4 is 34.5 Å². The Kier molecular flexibility index (Phi) is 5.89. The summed E-state index contributed by atoms with van der Waals surface area (Å²) in [6.07, 6.45) is 4.56. The highest BCUT2D eigenvalue weighted by Crippen LogP contribution is 2.15. The van der Waals surface area contributed by atoms with E-state index in [2.05, 4.69) is 5.32 Å². The maximum atomic E-state index is 12.0. The smallest absolute Gasteiger partial charge is 0.326 e. The molecule has 0 radical (unpaired) electrons. The fourth-order valence-corrected chi connectivity index (χ4v) is 2.79. The standard InChI is InChI=1S/C16H20N2O3S/c1-22-11-8-13(16(20)21)17-15(19)7-10-18-9-6-12-4-2-3-5-14(12)18/h2-6,9,13H,7-8,10-11H2,1H3,(H,17,19)(H,20,21). The Morgan fingerprint density at radius 3 is 2.82 bits per heavy atom. The molecule has 0 fully saturated rings. The van der Waals surface area contributed by atoms with Gasteiger partial charge in [-0.05, 0) is 35.9 Å². The van der Waals surface area contributed by atoms with Crippen LogP contribution in [0.4, 0.5) is 0 Å². The summed E-state index contributed by atoms with van der Waals surface area (Å²) in [6.45, 7) is 0.536. The summed E-state index contributed by atoms with van der Waals surface area (Å²) in [7, 11) is 0. The molecular weight excluding hydrogens is 300 g/mol. The number of carbonyl (C=O) groups is 2. The minimum Gasteiger partial charge on any atom is -0.480 e. The number of carbonyl (C=O) groups excluding carboxylic acids is 1. The zero-order valence-corrected chi connectivity index (χ0v) is 13.3. The van der Waals surface area contributed by atoms with Crippen LogP contribution in [0.3, 0.4) is 0 Å². The van der Waals surface area contributed by atoms with Gasteiger partial charge in [-0.1, -0.05) is 18.2 Å². The van der Waals surface area contributed by atoms with Gasteiger partial charge in [0, 0.05) is 24.7 Å². The summed E-state index contributed by atoms with van der Waals surface area (Å²) < 4.78 is 2.01. The molecule has 2 aromatic rings. The van der Waals surface area contributed by atoms with Gasteiger partial charge in [0.15, 0.2) is 0 Å². The Labute approximate surface area is 133 Å². The van der Waals surface area contributed by atoms with E-state index in [1.807, 2.05) is 47.4 Å². The van der Waals surface area contributed by atoms with E-state index in [1.54, 1.807) is 11.8 Å². The molecule has 1 heterocycles. The largest absolute Gasteiger partial charge is 0.480 e. The maximum Gasteiger partial charge on any atom is 0.326 e. The average Bonchev–Trinajstić information content (AvgIpc) is 2.92. The number of nitrogens with zero attached hydrogens (tertiary/aromatic N) is 1. The van der Waals surface area contributed by atoms with E-state index in [1.165, 1.54) is 0 Å². The van der Waals surface area contributed by atoms with Crippen molar-refractivity contribution in [2.24, 2.45) is 0 Å². The number of para-hydroxylation sites is 1. The molecule has 0 bridgehead atoms. The normalized spacial score (nSPS) is 12.2. The number of aliphatic carboxylic acids is 1. The first-order chi connectivity index (χ1) is 10.6. The van der Waals surface area contributed by atoms with E-state index in [-0.39, 0.29) is 12.3 Å². The highest BCUT2D eigenvalue weighted by atomic mass is 32.2. The fourth-order valence-electron chi connectivity index (χ4n) is 2.32. The first-order valence-electron chi connectivity index (χ1n) is 7.17. The van der Waals surface area contributed by atoms with Gasteiger partial charge < -0.3 is 15.0 Å². The van der Waals surface area contributed by atoms with Gasteiger partial charge in [0.05, 0.1) is 0 Å². The Balaban J connectivity index is 1.90. The lowest BCUT2D eigenvalue weighted by Gasteiger charge is -2.14. The van der Waals surface area contributed by atoms with Crippen LogP contribution in [-0.2, 0) is 16.1 Å². The summed E-state index contributed by atoms with van der Waals surface area (Å²) in [6, 6.07) is 9.16. The number of aryl methyl sites for hydroxylation is 1. The van der Waals surface area contributed by atoms with Crippen molar-refractivity contribution in [1.29, 1.82) is 0 Å².